The number of hydrogen-bond donors (Lipinski definition) is 1. The van der Waals surface area contributed by atoms with Gasteiger partial charge in [-0.15, -0.1) is 0 Å². The van der Waals surface area contributed by atoms with Gasteiger partial charge in [0.2, 0.25) is 0 Å². The lowest BCUT2D eigenvalue weighted by Crippen LogP contribution is -2.28. The number of unbranched alkanes of at least 4 members (excludes halogenated alkanes) is 13. The third kappa shape index (κ3) is 54.1. The average Bonchev–Trinajstić information content (AvgIpc) is 3.34. The largest absolute Gasteiger partial charge is 0.462 e. The third-order valence-electron chi connectivity index (χ3n) is 10.8. The number of esters is 2. The molecular weight excluding hydrogens is 837 g/mol. The number of hydrogen-bond acceptors (Lipinski definition) is 5. The minimum atomic E-state index is -0.802. The fraction of sp³-hybridized carbons (Fsp3) is 0.556. The summed E-state index contributed by atoms with van der Waals surface area (Å²) >= 11 is 0. The molecule has 0 aliphatic carbocycles. The van der Waals surface area contributed by atoms with Gasteiger partial charge in [0, 0.05) is 12.8 Å². The van der Waals surface area contributed by atoms with Gasteiger partial charge in [-0.05, 0) is 122 Å². The Labute approximate surface area is 418 Å². The van der Waals surface area contributed by atoms with E-state index in [1.807, 2.05) is 0 Å². The van der Waals surface area contributed by atoms with Crippen molar-refractivity contribution >= 4 is 11.9 Å². The molecule has 1 unspecified atom stereocenters. The highest BCUT2D eigenvalue weighted by molar-refractivity contribution is 5.70. The number of carbonyl (C=O) groups is 2. The molecule has 0 aliphatic rings. The van der Waals surface area contributed by atoms with Gasteiger partial charge in [0.25, 0.3) is 0 Å². The maximum absolute atomic E-state index is 12.3. The Morgan fingerprint density at radius 2 is 0.588 bits per heavy atom. The molecule has 0 aromatic heterocycles. The van der Waals surface area contributed by atoms with Crippen LogP contribution >= 0.6 is 0 Å². The van der Waals surface area contributed by atoms with Crippen molar-refractivity contribution in [3.05, 3.63) is 158 Å². The highest BCUT2D eigenvalue weighted by Crippen LogP contribution is 2.13. The number of ether oxygens (including phenoxy) is 2. The van der Waals surface area contributed by atoms with E-state index in [1.165, 1.54) is 38.5 Å². The lowest BCUT2D eigenvalue weighted by Gasteiger charge is -2.15. The summed E-state index contributed by atoms with van der Waals surface area (Å²) in [5, 5.41) is 9.65. The van der Waals surface area contributed by atoms with Crippen LogP contribution in [0.15, 0.2) is 158 Å². The van der Waals surface area contributed by atoms with Gasteiger partial charge in [0.1, 0.15) is 6.61 Å². The maximum Gasteiger partial charge on any atom is 0.306 e. The molecule has 0 radical (unpaired) electrons. The van der Waals surface area contributed by atoms with Crippen LogP contribution in [0.2, 0.25) is 0 Å². The molecule has 380 valence electrons. The third-order valence-corrected chi connectivity index (χ3v) is 10.8. The van der Waals surface area contributed by atoms with Gasteiger partial charge >= 0.3 is 11.9 Å². The van der Waals surface area contributed by atoms with E-state index < -0.39 is 6.10 Å². The molecule has 5 heteroatoms. The summed E-state index contributed by atoms with van der Waals surface area (Å²) < 4.78 is 10.7. The fourth-order valence-electron chi connectivity index (χ4n) is 6.83. The van der Waals surface area contributed by atoms with Crippen LogP contribution in [-0.4, -0.2) is 36.4 Å². The molecule has 0 aromatic carbocycles. The normalized spacial score (nSPS) is 13.5. The first kappa shape index (κ1) is 63.5. The molecular formula is C63H98O5. The Morgan fingerprint density at radius 1 is 0.338 bits per heavy atom. The molecule has 0 rings (SSSR count). The van der Waals surface area contributed by atoms with Crippen LogP contribution < -0.4 is 0 Å². The number of allylic oxidation sites excluding steroid dienone is 26. The van der Waals surface area contributed by atoms with Gasteiger partial charge in [-0.25, -0.2) is 0 Å². The second-order valence-electron chi connectivity index (χ2n) is 17.2. The van der Waals surface area contributed by atoms with Crippen LogP contribution in [0.1, 0.15) is 206 Å². The summed E-state index contributed by atoms with van der Waals surface area (Å²) in [7, 11) is 0. The Hall–Kier alpha value is -4.48. The molecule has 0 saturated heterocycles. The molecule has 1 atom stereocenters. The van der Waals surface area contributed by atoms with Crippen molar-refractivity contribution < 1.29 is 24.2 Å². The van der Waals surface area contributed by atoms with E-state index in [0.717, 1.165) is 141 Å². The highest BCUT2D eigenvalue weighted by atomic mass is 16.6. The molecule has 0 aromatic rings. The van der Waals surface area contributed by atoms with E-state index in [0.29, 0.717) is 12.8 Å². The van der Waals surface area contributed by atoms with Crippen LogP contribution in [0.5, 0.6) is 0 Å². The van der Waals surface area contributed by atoms with Crippen molar-refractivity contribution in [2.75, 3.05) is 13.2 Å². The Morgan fingerprint density at radius 3 is 0.882 bits per heavy atom. The van der Waals surface area contributed by atoms with Crippen molar-refractivity contribution in [1.82, 2.24) is 0 Å². The summed E-state index contributed by atoms with van der Waals surface area (Å²) in [6.07, 6.45) is 87.6. The molecule has 0 bridgehead atoms. The molecule has 0 aliphatic heterocycles. The van der Waals surface area contributed by atoms with E-state index in [1.54, 1.807) is 0 Å². The summed E-state index contributed by atoms with van der Waals surface area (Å²) in [6, 6.07) is 0. The molecule has 0 amide bonds. The second-order valence-corrected chi connectivity index (χ2v) is 17.2. The minimum absolute atomic E-state index is 0.0911. The zero-order valence-corrected chi connectivity index (χ0v) is 43.3. The molecule has 0 spiro atoms. The quantitative estimate of drug-likeness (QED) is 0.0374. The number of rotatable bonds is 47. The minimum Gasteiger partial charge on any atom is -0.462 e. The fourth-order valence-corrected chi connectivity index (χ4v) is 6.83. The molecule has 68 heavy (non-hydrogen) atoms. The monoisotopic (exact) mass is 935 g/mol. The van der Waals surface area contributed by atoms with Gasteiger partial charge in [0.05, 0.1) is 6.61 Å². The van der Waals surface area contributed by atoms with Crippen molar-refractivity contribution in [1.29, 1.82) is 0 Å². The Bertz CT molecular complexity index is 1520. The van der Waals surface area contributed by atoms with Crippen LogP contribution in [0, 0.1) is 0 Å². The van der Waals surface area contributed by atoms with Crippen LogP contribution in [0.3, 0.4) is 0 Å². The van der Waals surface area contributed by atoms with Crippen molar-refractivity contribution in [3.63, 3.8) is 0 Å². The first-order chi connectivity index (χ1) is 33.6. The van der Waals surface area contributed by atoms with Gasteiger partial charge < -0.3 is 14.6 Å². The maximum atomic E-state index is 12.3. The number of aliphatic hydroxyl groups is 1. The zero-order valence-electron chi connectivity index (χ0n) is 43.3. The van der Waals surface area contributed by atoms with E-state index in [-0.39, 0.29) is 25.2 Å². The first-order valence-electron chi connectivity index (χ1n) is 27.0. The van der Waals surface area contributed by atoms with Crippen molar-refractivity contribution in [2.24, 2.45) is 0 Å². The zero-order chi connectivity index (χ0) is 49.2. The SMILES string of the molecule is CC/C=C\C/C=C\C/C=C\C/C=C\C/C=C\C/C=C\C/C=C\C/C=C\CCCCCCC(=O)OC(CO)COC(=O)CCCCCCCCCCC/C=C\C/C=C\C/C=C\C/C=C\C/C=C\CC. The van der Waals surface area contributed by atoms with Gasteiger partial charge in [-0.1, -0.05) is 230 Å². The van der Waals surface area contributed by atoms with Gasteiger partial charge in [0.15, 0.2) is 6.10 Å². The predicted octanol–water partition coefficient (Wildman–Crippen LogP) is 18.4. The highest BCUT2D eigenvalue weighted by Gasteiger charge is 2.16. The predicted molar refractivity (Wildman–Crippen MR) is 297 cm³/mol. The van der Waals surface area contributed by atoms with E-state index in [9.17, 15) is 14.7 Å². The molecule has 5 nitrogen and oxygen atoms in total. The number of carbonyl (C=O) groups excluding carboxylic acids is 2. The molecule has 0 heterocycles. The second kappa shape index (κ2) is 56.8. The smallest absolute Gasteiger partial charge is 0.306 e. The summed E-state index contributed by atoms with van der Waals surface area (Å²) in [5.41, 5.74) is 0. The molecule has 0 fully saturated rings. The standard InChI is InChI=1S/C63H98O5/c1-3-5-7-9-11-13-15-17-19-21-23-25-27-29-30-31-32-34-36-38-40-42-44-46-48-50-52-54-56-58-63(66)68-61(59-64)60-67-62(65)57-55-53-51-49-47-45-43-41-39-37-35-33-28-26-24-22-20-18-16-14-12-10-8-6-4-2/h5-8,11-14,17-20,23-26,29-30,32-35,38,40,44,46,61,64H,3-4,9-10,15-16,21-22,27-28,31,36-37,39,41-43,45,47-60H2,1-2H3/b7-5-,8-6-,13-11-,14-12-,19-17-,20-18-,25-23-,26-24-,30-29-,34-32-,35-33-,40-38-,46-44-. The molecule has 1 N–H and O–H groups in total. The lowest BCUT2D eigenvalue weighted by molar-refractivity contribution is -0.161. The van der Waals surface area contributed by atoms with Crippen LogP contribution in [-0.2, 0) is 19.1 Å². The molecule has 0 saturated carbocycles. The summed E-state index contributed by atoms with van der Waals surface area (Å²) in [4.78, 5) is 24.5. The van der Waals surface area contributed by atoms with Crippen LogP contribution in [0.4, 0.5) is 0 Å². The Balaban J connectivity index is 3.66. The van der Waals surface area contributed by atoms with Crippen LogP contribution in [0.25, 0.3) is 0 Å². The van der Waals surface area contributed by atoms with E-state index >= 15 is 0 Å². The topological polar surface area (TPSA) is 72.8 Å². The Kier molecular flexibility index (Phi) is 53.1. The van der Waals surface area contributed by atoms with E-state index in [4.69, 9.17) is 9.47 Å². The summed E-state index contributed by atoms with van der Waals surface area (Å²) in [5.74, 6) is -0.640. The van der Waals surface area contributed by atoms with Gasteiger partial charge in [-0.3, -0.25) is 9.59 Å². The lowest BCUT2D eigenvalue weighted by atomic mass is 10.1. The number of aliphatic hydroxyl groups excluding tert-OH is 1. The van der Waals surface area contributed by atoms with Gasteiger partial charge in [-0.2, -0.15) is 0 Å². The van der Waals surface area contributed by atoms with Crippen molar-refractivity contribution in [2.45, 2.75) is 213 Å². The first-order valence-corrected chi connectivity index (χ1v) is 27.0. The summed E-state index contributed by atoms with van der Waals surface area (Å²) in [6.45, 7) is 3.87. The van der Waals surface area contributed by atoms with E-state index in [2.05, 4.69) is 172 Å². The average molecular weight is 935 g/mol. The van der Waals surface area contributed by atoms with Crippen molar-refractivity contribution in [3.8, 4) is 0 Å².